The number of hydrogen-bond acceptors (Lipinski definition) is 2. The number of rotatable bonds is 3. The van der Waals surface area contributed by atoms with Crippen LogP contribution in [0.4, 0.5) is 10.1 Å². The third kappa shape index (κ3) is 1.96. The van der Waals surface area contributed by atoms with Gasteiger partial charge in [-0.3, -0.25) is 4.79 Å². The van der Waals surface area contributed by atoms with E-state index < -0.39 is 11.4 Å². The summed E-state index contributed by atoms with van der Waals surface area (Å²) in [7, 11) is 3.53. The Morgan fingerprint density at radius 1 is 1.33 bits per heavy atom. The summed E-state index contributed by atoms with van der Waals surface area (Å²) in [4.78, 5) is 13.2. The molecule has 2 rings (SSSR count). The van der Waals surface area contributed by atoms with Crippen LogP contribution in [0.1, 0.15) is 31.2 Å². The minimum atomic E-state index is -0.883. The van der Waals surface area contributed by atoms with Crippen LogP contribution in [0.25, 0.3) is 0 Å². The van der Waals surface area contributed by atoms with Crippen molar-refractivity contribution in [3.05, 3.63) is 29.6 Å². The molecular weight excluding hydrogens is 233 g/mol. The quantitative estimate of drug-likeness (QED) is 0.898. The average molecular weight is 251 g/mol. The summed E-state index contributed by atoms with van der Waals surface area (Å²) in [6.07, 6.45) is 2.98. The molecule has 0 amide bonds. The van der Waals surface area contributed by atoms with Crippen molar-refractivity contribution >= 4 is 11.7 Å². The molecule has 1 aliphatic carbocycles. The van der Waals surface area contributed by atoms with E-state index in [2.05, 4.69) is 0 Å². The number of carboxylic acid groups (broad SMARTS) is 1. The van der Waals surface area contributed by atoms with Crippen LogP contribution in [-0.4, -0.2) is 25.2 Å². The van der Waals surface area contributed by atoms with Gasteiger partial charge >= 0.3 is 5.97 Å². The molecule has 1 aliphatic rings. The van der Waals surface area contributed by atoms with E-state index in [0.29, 0.717) is 24.1 Å². The monoisotopic (exact) mass is 251 g/mol. The first-order valence-electron chi connectivity index (χ1n) is 6.18. The molecule has 0 atom stereocenters. The van der Waals surface area contributed by atoms with Crippen molar-refractivity contribution in [2.24, 2.45) is 0 Å². The Labute approximate surface area is 106 Å². The fourth-order valence-electron chi connectivity index (χ4n) is 2.77. The molecule has 1 N–H and O–H groups in total. The van der Waals surface area contributed by atoms with Crippen LogP contribution in [-0.2, 0) is 10.2 Å². The molecule has 18 heavy (non-hydrogen) atoms. The molecule has 3 nitrogen and oxygen atoms in total. The van der Waals surface area contributed by atoms with E-state index in [4.69, 9.17) is 0 Å². The van der Waals surface area contributed by atoms with Gasteiger partial charge in [0, 0.05) is 14.1 Å². The second kappa shape index (κ2) is 4.59. The zero-order valence-corrected chi connectivity index (χ0v) is 10.7. The minimum absolute atomic E-state index is 0.356. The molecule has 0 unspecified atom stereocenters. The highest BCUT2D eigenvalue weighted by atomic mass is 19.1. The van der Waals surface area contributed by atoms with Crippen LogP contribution in [0.2, 0.25) is 0 Å². The maximum Gasteiger partial charge on any atom is 0.314 e. The number of aliphatic carboxylic acids is 1. The fraction of sp³-hybridized carbons (Fsp3) is 0.500. The van der Waals surface area contributed by atoms with Crippen molar-refractivity contribution < 1.29 is 14.3 Å². The first-order valence-corrected chi connectivity index (χ1v) is 6.18. The van der Waals surface area contributed by atoms with E-state index in [0.717, 1.165) is 12.8 Å². The molecule has 0 saturated heterocycles. The van der Waals surface area contributed by atoms with E-state index in [1.165, 1.54) is 6.07 Å². The molecule has 0 spiro atoms. The van der Waals surface area contributed by atoms with Gasteiger partial charge in [0.2, 0.25) is 0 Å². The number of halogens is 1. The number of hydrogen-bond donors (Lipinski definition) is 1. The Morgan fingerprint density at radius 3 is 2.39 bits per heavy atom. The van der Waals surface area contributed by atoms with Gasteiger partial charge in [-0.1, -0.05) is 18.9 Å². The van der Waals surface area contributed by atoms with Crippen LogP contribution in [0.15, 0.2) is 18.2 Å². The molecule has 0 bridgehead atoms. The average Bonchev–Trinajstić information content (AvgIpc) is 2.78. The molecule has 0 aromatic heterocycles. The Hall–Kier alpha value is -1.58. The largest absolute Gasteiger partial charge is 0.481 e. The number of benzene rings is 1. The van der Waals surface area contributed by atoms with Gasteiger partial charge in [0.25, 0.3) is 0 Å². The second-order valence-corrected chi connectivity index (χ2v) is 5.15. The number of nitrogens with zero attached hydrogens (tertiary/aromatic N) is 1. The van der Waals surface area contributed by atoms with Gasteiger partial charge in [-0.25, -0.2) is 4.39 Å². The molecule has 0 radical (unpaired) electrons. The van der Waals surface area contributed by atoms with Crippen LogP contribution in [0.5, 0.6) is 0 Å². The highest BCUT2D eigenvalue weighted by Gasteiger charge is 2.43. The van der Waals surface area contributed by atoms with Crippen LogP contribution in [0.3, 0.4) is 0 Å². The molecule has 0 aliphatic heterocycles. The predicted octanol–water partition coefficient (Wildman–Crippen LogP) is 2.79. The highest BCUT2D eigenvalue weighted by Crippen LogP contribution is 2.42. The van der Waals surface area contributed by atoms with E-state index in [9.17, 15) is 14.3 Å². The molecule has 1 aromatic carbocycles. The van der Waals surface area contributed by atoms with Crippen molar-refractivity contribution in [1.29, 1.82) is 0 Å². The third-order valence-electron chi connectivity index (χ3n) is 3.85. The van der Waals surface area contributed by atoms with Gasteiger partial charge in [0.1, 0.15) is 5.82 Å². The van der Waals surface area contributed by atoms with E-state index in [1.807, 2.05) is 0 Å². The summed E-state index contributed by atoms with van der Waals surface area (Å²) in [5.41, 5.74) is 0.193. The first kappa shape index (κ1) is 12.9. The highest BCUT2D eigenvalue weighted by molar-refractivity contribution is 5.82. The van der Waals surface area contributed by atoms with Crippen molar-refractivity contribution in [3.63, 3.8) is 0 Å². The van der Waals surface area contributed by atoms with Gasteiger partial charge in [-0.05, 0) is 30.5 Å². The number of carboxylic acids is 1. The van der Waals surface area contributed by atoms with Gasteiger partial charge in [-0.2, -0.15) is 0 Å². The maximum absolute atomic E-state index is 14.0. The summed E-state index contributed by atoms with van der Waals surface area (Å²) < 4.78 is 14.0. The van der Waals surface area contributed by atoms with E-state index in [1.54, 1.807) is 31.1 Å². The van der Waals surface area contributed by atoms with Crippen molar-refractivity contribution in [2.75, 3.05) is 19.0 Å². The Bertz CT molecular complexity index is 465. The van der Waals surface area contributed by atoms with Gasteiger partial charge in [0.15, 0.2) is 0 Å². The van der Waals surface area contributed by atoms with Crippen LogP contribution >= 0.6 is 0 Å². The van der Waals surface area contributed by atoms with E-state index >= 15 is 0 Å². The second-order valence-electron chi connectivity index (χ2n) is 5.15. The van der Waals surface area contributed by atoms with Gasteiger partial charge < -0.3 is 10.0 Å². The smallest absolute Gasteiger partial charge is 0.314 e. The molecule has 1 fully saturated rings. The molecule has 1 aromatic rings. The summed E-state index contributed by atoms with van der Waals surface area (Å²) in [5, 5.41) is 9.45. The van der Waals surface area contributed by atoms with Crippen molar-refractivity contribution in [1.82, 2.24) is 0 Å². The Morgan fingerprint density at radius 2 is 1.94 bits per heavy atom. The third-order valence-corrected chi connectivity index (χ3v) is 3.85. The predicted molar refractivity (Wildman–Crippen MR) is 68.5 cm³/mol. The summed E-state index contributed by atoms with van der Waals surface area (Å²) in [6.45, 7) is 0. The Balaban J connectivity index is 2.44. The summed E-state index contributed by atoms with van der Waals surface area (Å²) in [6, 6.07) is 4.79. The molecule has 1 saturated carbocycles. The maximum atomic E-state index is 14.0. The SMILES string of the molecule is CN(C)c1ccc(C2(C(=O)O)CCCC2)cc1F. The normalized spacial score (nSPS) is 17.7. The fourth-order valence-corrected chi connectivity index (χ4v) is 2.77. The lowest BCUT2D eigenvalue weighted by Crippen LogP contribution is -2.32. The Kier molecular flexibility index (Phi) is 3.28. The zero-order chi connectivity index (χ0) is 13.3. The topological polar surface area (TPSA) is 40.5 Å². The van der Waals surface area contributed by atoms with Crippen molar-refractivity contribution in [3.8, 4) is 0 Å². The number of carbonyl (C=O) groups is 1. The number of anilines is 1. The molecule has 0 heterocycles. The van der Waals surface area contributed by atoms with Crippen molar-refractivity contribution in [2.45, 2.75) is 31.1 Å². The lowest BCUT2D eigenvalue weighted by Gasteiger charge is -2.25. The molecule has 4 heteroatoms. The van der Waals surface area contributed by atoms with Gasteiger partial charge in [0.05, 0.1) is 11.1 Å². The molecular formula is C14H18FNO2. The van der Waals surface area contributed by atoms with E-state index in [-0.39, 0.29) is 5.82 Å². The first-order chi connectivity index (χ1) is 8.47. The summed E-state index contributed by atoms with van der Waals surface area (Å²) >= 11 is 0. The zero-order valence-electron chi connectivity index (χ0n) is 10.7. The molecule has 98 valence electrons. The summed E-state index contributed by atoms with van der Waals surface area (Å²) in [5.74, 6) is -1.19. The van der Waals surface area contributed by atoms with Crippen LogP contribution < -0.4 is 4.90 Å². The lowest BCUT2D eigenvalue weighted by atomic mass is 9.79. The van der Waals surface area contributed by atoms with Gasteiger partial charge in [-0.15, -0.1) is 0 Å². The van der Waals surface area contributed by atoms with Crippen LogP contribution in [0, 0.1) is 5.82 Å². The lowest BCUT2D eigenvalue weighted by molar-refractivity contribution is -0.143. The minimum Gasteiger partial charge on any atom is -0.481 e. The standard InChI is InChI=1S/C14H18FNO2/c1-16(2)12-6-5-10(9-11(12)15)14(13(17)18)7-3-4-8-14/h5-6,9H,3-4,7-8H2,1-2H3,(H,17,18).